The summed E-state index contributed by atoms with van der Waals surface area (Å²) in [5.74, 6) is 0.807. The van der Waals surface area contributed by atoms with Crippen LogP contribution >= 0.6 is 0 Å². The van der Waals surface area contributed by atoms with Crippen LogP contribution in [0.4, 0.5) is 0 Å². The van der Waals surface area contributed by atoms with E-state index >= 15 is 0 Å². The number of nitrogens with one attached hydrogen (secondary N) is 1. The summed E-state index contributed by atoms with van der Waals surface area (Å²) >= 11 is 0. The van der Waals surface area contributed by atoms with Gasteiger partial charge in [-0.15, -0.1) is 0 Å². The second-order valence-electron chi connectivity index (χ2n) is 4.91. The Morgan fingerprint density at radius 3 is 2.55 bits per heavy atom. The minimum atomic E-state index is 0.0443. The van der Waals surface area contributed by atoms with Crippen molar-refractivity contribution in [2.24, 2.45) is 0 Å². The minimum absolute atomic E-state index is 0.0443. The van der Waals surface area contributed by atoms with E-state index in [-0.39, 0.29) is 12.1 Å². The highest BCUT2D eigenvalue weighted by Gasteiger charge is 2.24. The number of pyridine rings is 1. The van der Waals surface area contributed by atoms with Gasteiger partial charge in [0.05, 0.1) is 19.3 Å². The van der Waals surface area contributed by atoms with Gasteiger partial charge in [0.25, 0.3) is 0 Å². The maximum atomic E-state index is 5.49. The molecule has 2 aromatic heterocycles. The molecule has 1 unspecified atom stereocenters. The second kappa shape index (κ2) is 6.52. The van der Waals surface area contributed by atoms with E-state index in [0.717, 1.165) is 23.6 Å². The Kier molecular flexibility index (Phi) is 4.74. The lowest BCUT2D eigenvalue weighted by atomic mass is 10.0. The van der Waals surface area contributed by atoms with Crippen molar-refractivity contribution in [1.82, 2.24) is 20.1 Å². The zero-order valence-corrected chi connectivity index (χ0v) is 12.5. The SMILES string of the molecule is CCNC(c1ccncc1)c1c(OC)cnn1C(C)C. The van der Waals surface area contributed by atoms with Crippen molar-refractivity contribution in [3.8, 4) is 5.75 Å². The van der Waals surface area contributed by atoms with Crippen molar-refractivity contribution >= 4 is 0 Å². The van der Waals surface area contributed by atoms with Crippen LogP contribution in [0.2, 0.25) is 0 Å². The normalized spacial score (nSPS) is 12.7. The maximum absolute atomic E-state index is 5.49. The van der Waals surface area contributed by atoms with Gasteiger partial charge in [-0.1, -0.05) is 6.92 Å². The molecule has 2 heterocycles. The highest BCUT2D eigenvalue weighted by molar-refractivity contribution is 5.36. The first-order valence-corrected chi connectivity index (χ1v) is 6.93. The van der Waals surface area contributed by atoms with Gasteiger partial charge in [-0.3, -0.25) is 9.67 Å². The number of hydrogen-bond donors (Lipinski definition) is 1. The fourth-order valence-corrected chi connectivity index (χ4v) is 2.33. The second-order valence-corrected chi connectivity index (χ2v) is 4.91. The van der Waals surface area contributed by atoms with E-state index in [0.29, 0.717) is 0 Å². The lowest BCUT2D eigenvalue weighted by Gasteiger charge is -2.22. The molecule has 0 aromatic carbocycles. The molecule has 0 fully saturated rings. The average molecular weight is 274 g/mol. The predicted molar refractivity (Wildman–Crippen MR) is 78.9 cm³/mol. The van der Waals surface area contributed by atoms with Crippen LogP contribution in [0.1, 0.15) is 44.1 Å². The minimum Gasteiger partial charge on any atom is -0.493 e. The summed E-state index contributed by atoms with van der Waals surface area (Å²) in [5.41, 5.74) is 2.21. The maximum Gasteiger partial charge on any atom is 0.161 e. The highest BCUT2D eigenvalue weighted by Crippen LogP contribution is 2.31. The molecule has 20 heavy (non-hydrogen) atoms. The van der Waals surface area contributed by atoms with Crippen molar-refractivity contribution in [1.29, 1.82) is 0 Å². The van der Waals surface area contributed by atoms with Gasteiger partial charge in [0.2, 0.25) is 0 Å². The number of aromatic nitrogens is 3. The summed E-state index contributed by atoms with van der Waals surface area (Å²) < 4.78 is 7.49. The predicted octanol–water partition coefficient (Wildman–Crippen LogP) is 2.57. The van der Waals surface area contributed by atoms with Crippen molar-refractivity contribution in [2.45, 2.75) is 32.9 Å². The third-order valence-electron chi connectivity index (χ3n) is 3.23. The Hall–Kier alpha value is -1.88. The van der Waals surface area contributed by atoms with Crippen molar-refractivity contribution in [3.63, 3.8) is 0 Å². The Labute approximate surface area is 120 Å². The first kappa shape index (κ1) is 14.5. The molecule has 1 atom stereocenters. The van der Waals surface area contributed by atoms with Gasteiger partial charge in [-0.05, 0) is 38.1 Å². The standard InChI is InChI=1S/C15H22N4O/c1-5-17-14(12-6-8-16-9-7-12)15-13(20-4)10-18-19(15)11(2)3/h6-11,14,17H,5H2,1-4H3. The molecule has 0 aliphatic carbocycles. The summed E-state index contributed by atoms with van der Waals surface area (Å²) in [6.45, 7) is 7.19. The Bertz CT molecular complexity index is 536. The van der Waals surface area contributed by atoms with Gasteiger partial charge in [0, 0.05) is 18.4 Å². The largest absolute Gasteiger partial charge is 0.493 e. The van der Waals surface area contributed by atoms with Crippen LogP contribution in [0.25, 0.3) is 0 Å². The first-order chi connectivity index (χ1) is 9.69. The lowest BCUT2D eigenvalue weighted by molar-refractivity contribution is 0.394. The van der Waals surface area contributed by atoms with Crippen molar-refractivity contribution < 1.29 is 4.74 Å². The van der Waals surface area contributed by atoms with E-state index < -0.39 is 0 Å². The molecular weight excluding hydrogens is 252 g/mol. The number of nitrogens with zero attached hydrogens (tertiary/aromatic N) is 3. The molecule has 0 bridgehead atoms. The van der Waals surface area contributed by atoms with Gasteiger partial charge in [-0.25, -0.2) is 0 Å². The molecule has 108 valence electrons. The highest BCUT2D eigenvalue weighted by atomic mass is 16.5. The molecule has 2 rings (SSSR count). The van der Waals surface area contributed by atoms with Gasteiger partial charge in [-0.2, -0.15) is 5.10 Å². The molecule has 0 radical (unpaired) electrons. The van der Waals surface area contributed by atoms with Gasteiger partial charge in [0.1, 0.15) is 5.69 Å². The summed E-state index contributed by atoms with van der Waals surface area (Å²) in [6.07, 6.45) is 5.39. The summed E-state index contributed by atoms with van der Waals surface area (Å²) in [5, 5.41) is 7.95. The molecule has 0 spiro atoms. The van der Waals surface area contributed by atoms with Crippen LogP contribution in [0.3, 0.4) is 0 Å². The van der Waals surface area contributed by atoms with E-state index in [2.05, 4.69) is 36.2 Å². The summed E-state index contributed by atoms with van der Waals surface area (Å²) in [6, 6.07) is 4.36. The Morgan fingerprint density at radius 2 is 2.00 bits per heavy atom. The molecule has 0 saturated heterocycles. The van der Waals surface area contributed by atoms with Crippen LogP contribution in [0.15, 0.2) is 30.7 Å². The van der Waals surface area contributed by atoms with Gasteiger partial charge in [0.15, 0.2) is 5.75 Å². The first-order valence-electron chi connectivity index (χ1n) is 6.93. The van der Waals surface area contributed by atoms with Crippen LogP contribution in [-0.2, 0) is 0 Å². The zero-order valence-electron chi connectivity index (χ0n) is 12.5. The van der Waals surface area contributed by atoms with Crippen LogP contribution < -0.4 is 10.1 Å². The van der Waals surface area contributed by atoms with E-state index in [4.69, 9.17) is 4.74 Å². The molecule has 1 N–H and O–H groups in total. The topological polar surface area (TPSA) is 52.0 Å². The number of rotatable bonds is 6. The van der Waals surface area contributed by atoms with E-state index in [1.165, 1.54) is 0 Å². The quantitative estimate of drug-likeness (QED) is 0.879. The molecule has 0 amide bonds. The fraction of sp³-hybridized carbons (Fsp3) is 0.467. The molecular formula is C15H22N4O. The lowest BCUT2D eigenvalue weighted by Crippen LogP contribution is -2.26. The number of hydrogen-bond acceptors (Lipinski definition) is 4. The monoisotopic (exact) mass is 274 g/mol. The average Bonchev–Trinajstić information content (AvgIpc) is 2.89. The van der Waals surface area contributed by atoms with E-state index in [1.54, 1.807) is 13.3 Å². The van der Waals surface area contributed by atoms with Crippen LogP contribution in [0.5, 0.6) is 5.75 Å². The molecule has 5 heteroatoms. The van der Waals surface area contributed by atoms with Gasteiger partial charge < -0.3 is 10.1 Å². The van der Waals surface area contributed by atoms with E-state index in [9.17, 15) is 0 Å². The van der Waals surface area contributed by atoms with Gasteiger partial charge >= 0.3 is 0 Å². The zero-order chi connectivity index (χ0) is 14.5. The van der Waals surface area contributed by atoms with Crippen molar-refractivity contribution in [2.75, 3.05) is 13.7 Å². The molecule has 2 aromatic rings. The molecule has 0 aliphatic heterocycles. The number of methoxy groups -OCH3 is 1. The molecule has 0 saturated carbocycles. The molecule has 5 nitrogen and oxygen atoms in total. The van der Waals surface area contributed by atoms with Crippen LogP contribution in [0, 0.1) is 0 Å². The fourth-order valence-electron chi connectivity index (χ4n) is 2.33. The summed E-state index contributed by atoms with van der Waals surface area (Å²) in [7, 11) is 1.68. The molecule has 0 aliphatic rings. The van der Waals surface area contributed by atoms with Crippen LogP contribution in [-0.4, -0.2) is 28.4 Å². The smallest absolute Gasteiger partial charge is 0.161 e. The Morgan fingerprint density at radius 1 is 1.30 bits per heavy atom. The van der Waals surface area contributed by atoms with E-state index in [1.807, 2.05) is 29.2 Å². The Balaban J connectivity index is 2.51. The van der Waals surface area contributed by atoms with Crippen molar-refractivity contribution in [3.05, 3.63) is 42.0 Å². The summed E-state index contributed by atoms with van der Waals surface area (Å²) in [4.78, 5) is 4.09. The third kappa shape index (κ3) is 2.82. The third-order valence-corrected chi connectivity index (χ3v) is 3.23. The number of ether oxygens (including phenoxy) is 1.